The first-order valence-corrected chi connectivity index (χ1v) is 6.42. The minimum atomic E-state index is 0.134. The van der Waals surface area contributed by atoms with Crippen LogP contribution in [0.1, 0.15) is 46.0 Å². The van der Waals surface area contributed by atoms with E-state index in [4.69, 9.17) is 4.74 Å². The van der Waals surface area contributed by atoms with E-state index in [1.165, 1.54) is 0 Å². The van der Waals surface area contributed by atoms with Gasteiger partial charge < -0.3 is 10.1 Å². The molecule has 0 saturated carbocycles. The molecule has 1 aromatic rings. The van der Waals surface area contributed by atoms with E-state index in [1.54, 1.807) is 7.11 Å². The lowest BCUT2D eigenvalue weighted by atomic mass is 9.92. The zero-order valence-electron chi connectivity index (χ0n) is 12.1. The number of methoxy groups -OCH3 is 1. The maximum Gasteiger partial charge on any atom is 0.167 e. The lowest BCUT2D eigenvalue weighted by Gasteiger charge is -2.19. The predicted octanol–water partition coefficient (Wildman–Crippen LogP) is 1.41. The van der Waals surface area contributed by atoms with Crippen molar-refractivity contribution in [2.45, 2.75) is 46.7 Å². The van der Waals surface area contributed by atoms with Gasteiger partial charge in [0, 0.05) is 20.2 Å². The van der Waals surface area contributed by atoms with Gasteiger partial charge in [-0.25, -0.2) is 4.68 Å². The standard InChI is InChI=1S/C12H25N5O/c1-10(13-7-9-18-5)11-14-15-16-17(11)8-6-12(2,3)4/h10,13H,6-9H2,1-5H3. The van der Waals surface area contributed by atoms with Crippen LogP contribution in [0.5, 0.6) is 0 Å². The third kappa shape index (κ3) is 5.10. The van der Waals surface area contributed by atoms with Gasteiger partial charge in [0.1, 0.15) is 0 Å². The highest BCUT2D eigenvalue weighted by molar-refractivity contribution is 4.89. The van der Waals surface area contributed by atoms with Crippen LogP contribution < -0.4 is 5.32 Å². The van der Waals surface area contributed by atoms with Gasteiger partial charge in [0.15, 0.2) is 5.82 Å². The van der Waals surface area contributed by atoms with Gasteiger partial charge in [-0.2, -0.15) is 0 Å². The summed E-state index contributed by atoms with van der Waals surface area (Å²) >= 11 is 0. The third-order valence-electron chi connectivity index (χ3n) is 2.78. The van der Waals surface area contributed by atoms with Crippen LogP contribution in [-0.2, 0) is 11.3 Å². The van der Waals surface area contributed by atoms with Crippen LogP contribution in [-0.4, -0.2) is 40.5 Å². The number of ether oxygens (including phenoxy) is 1. The van der Waals surface area contributed by atoms with E-state index in [9.17, 15) is 0 Å². The topological polar surface area (TPSA) is 64.9 Å². The van der Waals surface area contributed by atoms with Gasteiger partial charge in [-0.15, -0.1) is 5.10 Å². The van der Waals surface area contributed by atoms with Crippen molar-refractivity contribution in [3.05, 3.63) is 5.82 Å². The summed E-state index contributed by atoms with van der Waals surface area (Å²) in [5, 5.41) is 15.2. The van der Waals surface area contributed by atoms with Crippen molar-refractivity contribution in [2.24, 2.45) is 5.41 Å². The van der Waals surface area contributed by atoms with Gasteiger partial charge in [0.2, 0.25) is 0 Å². The number of tetrazole rings is 1. The zero-order valence-corrected chi connectivity index (χ0v) is 12.1. The molecule has 0 aromatic carbocycles. The Balaban J connectivity index is 2.53. The van der Waals surface area contributed by atoms with Gasteiger partial charge in [-0.3, -0.25) is 0 Å². The second-order valence-corrected chi connectivity index (χ2v) is 5.74. The Morgan fingerprint density at radius 3 is 2.72 bits per heavy atom. The fourth-order valence-electron chi connectivity index (χ4n) is 1.59. The van der Waals surface area contributed by atoms with Crippen LogP contribution in [0.4, 0.5) is 0 Å². The zero-order chi connectivity index (χ0) is 13.6. The molecule has 1 heterocycles. The highest BCUT2D eigenvalue weighted by Gasteiger charge is 2.16. The van der Waals surface area contributed by atoms with Crippen molar-refractivity contribution >= 4 is 0 Å². The summed E-state index contributed by atoms with van der Waals surface area (Å²) in [5.74, 6) is 0.885. The molecule has 0 bridgehead atoms. The molecular weight excluding hydrogens is 230 g/mol. The Kier molecular flexibility index (Phi) is 5.68. The van der Waals surface area contributed by atoms with E-state index in [0.29, 0.717) is 6.61 Å². The molecule has 1 aromatic heterocycles. The summed E-state index contributed by atoms with van der Waals surface area (Å²) in [6.45, 7) is 11.1. The third-order valence-corrected chi connectivity index (χ3v) is 2.78. The number of aryl methyl sites for hydroxylation is 1. The Morgan fingerprint density at radius 1 is 1.39 bits per heavy atom. The Hall–Kier alpha value is -1.01. The molecule has 0 saturated heterocycles. The number of hydrogen-bond donors (Lipinski definition) is 1. The van der Waals surface area contributed by atoms with Crippen LogP contribution in [0, 0.1) is 5.41 Å². The minimum Gasteiger partial charge on any atom is -0.383 e. The molecule has 1 atom stereocenters. The predicted molar refractivity (Wildman–Crippen MR) is 70.2 cm³/mol. The molecule has 1 N–H and O–H groups in total. The van der Waals surface area contributed by atoms with Gasteiger partial charge in [0.25, 0.3) is 0 Å². The maximum atomic E-state index is 5.01. The summed E-state index contributed by atoms with van der Waals surface area (Å²) in [6.07, 6.45) is 1.05. The fourth-order valence-corrected chi connectivity index (χ4v) is 1.59. The number of rotatable bonds is 7. The van der Waals surface area contributed by atoms with Crippen molar-refractivity contribution in [3.8, 4) is 0 Å². The Bertz CT molecular complexity index is 344. The molecule has 0 aliphatic carbocycles. The normalized spacial score (nSPS) is 13.8. The van der Waals surface area contributed by atoms with Crippen LogP contribution in [0.2, 0.25) is 0 Å². The maximum absolute atomic E-state index is 5.01. The molecule has 0 aliphatic heterocycles. The quantitative estimate of drug-likeness (QED) is 0.746. The van der Waals surface area contributed by atoms with Gasteiger partial charge in [0.05, 0.1) is 12.6 Å². The molecular formula is C12H25N5O. The van der Waals surface area contributed by atoms with Crippen molar-refractivity contribution < 1.29 is 4.74 Å². The number of nitrogens with one attached hydrogen (secondary N) is 1. The summed E-state index contributed by atoms with van der Waals surface area (Å²) in [5.41, 5.74) is 0.288. The molecule has 0 spiro atoms. The van der Waals surface area contributed by atoms with Crippen LogP contribution in [0.3, 0.4) is 0 Å². The van der Waals surface area contributed by atoms with E-state index in [-0.39, 0.29) is 11.5 Å². The summed E-state index contributed by atoms with van der Waals surface area (Å²) in [7, 11) is 1.69. The van der Waals surface area contributed by atoms with Crippen molar-refractivity contribution in [3.63, 3.8) is 0 Å². The van der Waals surface area contributed by atoms with Gasteiger partial charge in [-0.1, -0.05) is 20.8 Å². The average molecular weight is 255 g/mol. The highest BCUT2D eigenvalue weighted by atomic mass is 16.5. The van der Waals surface area contributed by atoms with E-state index < -0.39 is 0 Å². The molecule has 6 heteroatoms. The summed E-state index contributed by atoms with van der Waals surface area (Å²) in [4.78, 5) is 0. The van der Waals surface area contributed by atoms with E-state index in [2.05, 4.69) is 48.5 Å². The lowest BCUT2D eigenvalue weighted by Crippen LogP contribution is -2.26. The summed E-state index contributed by atoms with van der Waals surface area (Å²) in [6, 6.07) is 0.134. The largest absolute Gasteiger partial charge is 0.383 e. The highest BCUT2D eigenvalue weighted by Crippen LogP contribution is 2.20. The monoisotopic (exact) mass is 255 g/mol. The first kappa shape index (κ1) is 15.0. The Morgan fingerprint density at radius 2 is 2.11 bits per heavy atom. The smallest absolute Gasteiger partial charge is 0.167 e. The summed E-state index contributed by atoms with van der Waals surface area (Å²) < 4.78 is 6.90. The second-order valence-electron chi connectivity index (χ2n) is 5.74. The number of aromatic nitrogens is 4. The van der Waals surface area contributed by atoms with Crippen molar-refractivity contribution in [1.29, 1.82) is 0 Å². The van der Waals surface area contributed by atoms with Crippen LogP contribution in [0.25, 0.3) is 0 Å². The Labute approximate surface area is 109 Å². The van der Waals surface area contributed by atoms with Crippen molar-refractivity contribution in [1.82, 2.24) is 25.5 Å². The number of nitrogens with zero attached hydrogens (tertiary/aromatic N) is 4. The first-order chi connectivity index (χ1) is 8.44. The van der Waals surface area contributed by atoms with Crippen LogP contribution >= 0.6 is 0 Å². The first-order valence-electron chi connectivity index (χ1n) is 6.42. The van der Waals surface area contributed by atoms with Gasteiger partial charge in [-0.05, 0) is 29.2 Å². The second kappa shape index (κ2) is 6.80. The molecule has 18 heavy (non-hydrogen) atoms. The van der Waals surface area contributed by atoms with E-state index in [0.717, 1.165) is 25.3 Å². The van der Waals surface area contributed by atoms with E-state index >= 15 is 0 Å². The number of hydrogen-bond acceptors (Lipinski definition) is 5. The SMILES string of the molecule is COCCNC(C)c1nnnn1CCC(C)(C)C. The molecule has 0 aliphatic rings. The molecule has 104 valence electrons. The average Bonchev–Trinajstić information content (AvgIpc) is 2.73. The van der Waals surface area contributed by atoms with E-state index in [1.807, 2.05) is 4.68 Å². The molecule has 0 radical (unpaired) electrons. The molecule has 0 fully saturated rings. The lowest BCUT2D eigenvalue weighted by molar-refractivity contribution is 0.195. The van der Waals surface area contributed by atoms with Gasteiger partial charge >= 0.3 is 0 Å². The van der Waals surface area contributed by atoms with Crippen molar-refractivity contribution in [2.75, 3.05) is 20.3 Å². The molecule has 1 unspecified atom stereocenters. The molecule has 6 nitrogen and oxygen atoms in total. The fraction of sp³-hybridized carbons (Fsp3) is 0.917. The van der Waals surface area contributed by atoms with Crippen LogP contribution in [0.15, 0.2) is 0 Å². The molecule has 0 amide bonds. The molecule has 1 rings (SSSR count). The minimum absolute atomic E-state index is 0.134.